The lowest BCUT2D eigenvalue weighted by Gasteiger charge is -2.18. The number of aromatic nitrogens is 2. The van der Waals surface area contributed by atoms with E-state index in [4.69, 9.17) is 0 Å². The number of imidazole rings is 1. The van der Waals surface area contributed by atoms with E-state index in [1.54, 1.807) is 18.9 Å². The smallest absolute Gasteiger partial charge is 0.224 e. The lowest BCUT2D eigenvalue weighted by atomic mass is 10.4. The number of fused-ring (bicyclic) bond motifs is 1. The van der Waals surface area contributed by atoms with E-state index in [1.807, 2.05) is 14.0 Å². The molecule has 0 saturated heterocycles. The number of hydrogen-bond acceptors (Lipinski definition) is 3. The van der Waals surface area contributed by atoms with Crippen LogP contribution in [-0.4, -0.2) is 34.5 Å². The fourth-order valence-corrected chi connectivity index (χ4v) is 2.00. The van der Waals surface area contributed by atoms with Gasteiger partial charge < -0.3 is 4.90 Å². The number of amides is 1. The monoisotopic (exact) mass is 208 g/mol. The van der Waals surface area contributed by atoms with Crippen molar-refractivity contribution in [3.05, 3.63) is 11.5 Å². The predicted molar refractivity (Wildman–Crippen MR) is 57.5 cm³/mol. The van der Waals surface area contributed by atoms with E-state index in [2.05, 4.69) is 14.5 Å². The van der Waals surface area contributed by atoms with Gasteiger partial charge in [0.25, 0.3) is 0 Å². The Bertz CT molecular complexity index is 410. The summed E-state index contributed by atoms with van der Waals surface area (Å²) in [6, 6.07) is 0. The number of carbonyl (C=O) groups is 1. The molecule has 0 radical (unpaired) electrons. The maximum Gasteiger partial charge on any atom is 0.224 e. The molecule has 15 heavy (non-hydrogen) atoms. The van der Waals surface area contributed by atoms with Crippen molar-refractivity contribution in [1.29, 1.82) is 0 Å². The maximum atomic E-state index is 11.3. The Morgan fingerprint density at radius 2 is 2.20 bits per heavy atom. The van der Waals surface area contributed by atoms with Crippen LogP contribution in [0.1, 0.15) is 18.4 Å². The molecule has 0 fully saturated rings. The molecule has 1 aromatic heterocycles. The molecule has 0 bridgehead atoms. The van der Waals surface area contributed by atoms with E-state index in [0.29, 0.717) is 0 Å². The lowest BCUT2D eigenvalue weighted by Crippen LogP contribution is -2.26. The number of anilines is 1. The van der Waals surface area contributed by atoms with Crippen molar-refractivity contribution in [1.82, 2.24) is 14.5 Å². The molecule has 1 amide bonds. The molecule has 1 aromatic rings. The molecule has 2 heterocycles. The molecular formula is C10H16N4O. The summed E-state index contributed by atoms with van der Waals surface area (Å²) in [4.78, 5) is 19.6. The summed E-state index contributed by atoms with van der Waals surface area (Å²) < 4.78 is 2.09. The number of carbonyl (C=O) groups excluding carboxylic acids is 1. The van der Waals surface area contributed by atoms with E-state index in [1.165, 1.54) is 0 Å². The Labute approximate surface area is 89.3 Å². The van der Waals surface area contributed by atoms with Gasteiger partial charge in [0.1, 0.15) is 11.6 Å². The minimum atomic E-state index is 0.0374. The average molecular weight is 208 g/mol. The van der Waals surface area contributed by atoms with Gasteiger partial charge in [-0.15, -0.1) is 0 Å². The minimum Gasteiger partial charge on any atom is -0.300 e. The molecule has 0 aromatic carbocycles. The molecule has 0 aliphatic carbocycles. The number of hydrogen-bond donors (Lipinski definition) is 0. The Kier molecular flexibility index (Phi) is 2.26. The predicted octanol–water partition coefficient (Wildman–Crippen LogP) is 0.577. The van der Waals surface area contributed by atoms with E-state index < -0.39 is 0 Å². The highest BCUT2D eigenvalue weighted by Gasteiger charge is 2.25. The third-order valence-electron chi connectivity index (χ3n) is 2.77. The first-order valence-electron chi connectivity index (χ1n) is 4.99. The molecule has 5 nitrogen and oxygen atoms in total. The van der Waals surface area contributed by atoms with Crippen LogP contribution in [0.4, 0.5) is 5.82 Å². The van der Waals surface area contributed by atoms with E-state index in [0.717, 1.165) is 30.5 Å². The minimum absolute atomic E-state index is 0.0374. The first kappa shape index (κ1) is 10.2. The molecule has 0 spiro atoms. The highest BCUT2D eigenvalue weighted by molar-refractivity contribution is 5.90. The van der Waals surface area contributed by atoms with Gasteiger partial charge in [0.2, 0.25) is 5.91 Å². The summed E-state index contributed by atoms with van der Waals surface area (Å²) >= 11 is 0. The number of rotatable bonds is 1. The van der Waals surface area contributed by atoms with Crippen molar-refractivity contribution in [3.8, 4) is 0 Å². The third kappa shape index (κ3) is 1.52. The van der Waals surface area contributed by atoms with Crippen LogP contribution in [0.5, 0.6) is 0 Å². The van der Waals surface area contributed by atoms with Crippen LogP contribution in [0.15, 0.2) is 0 Å². The summed E-state index contributed by atoms with van der Waals surface area (Å²) in [7, 11) is 3.83. The zero-order valence-corrected chi connectivity index (χ0v) is 9.61. The van der Waals surface area contributed by atoms with E-state index >= 15 is 0 Å². The quantitative estimate of drug-likeness (QED) is 0.678. The first-order chi connectivity index (χ1) is 7.00. The zero-order chi connectivity index (χ0) is 11.2. The van der Waals surface area contributed by atoms with Crippen molar-refractivity contribution in [2.24, 2.45) is 0 Å². The SMILES string of the molecule is CC(=O)N(C)c1c(C)nc2n1CN(C)C2. The Balaban J connectivity index is 2.44. The second kappa shape index (κ2) is 3.34. The zero-order valence-electron chi connectivity index (χ0n) is 9.61. The first-order valence-corrected chi connectivity index (χ1v) is 4.99. The molecular weight excluding hydrogens is 192 g/mol. The standard InChI is InChI=1S/C10H16N4O/c1-7-10(13(4)8(2)15)14-6-12(3)5-9(14)11-7/h5-6H2,1-4H3. The summed E-state index contributed by atoms with van der Waals surface area (Å²) in [5.41, 5.74) is 0.927. The fourth-order valence-electron chi connectivity index (χ4n) is 2.00. The van der Waals surface area contributed by atoms with Crippen LogP contribution >= 0.6 is 0 Å². The fraction of sp³-hybridized carbons (Fsp3) is 0.600. The molecule has 1 aliphatic rings. The summed E-state index contributed by atoms with van der Waals surface area (Å²) in [6.45, 7) is 5.17. The molecule has 1 aliphatic heterocycles. The van der Waals surface area contributed by atoms with Gasteiger partial charge in [0.05, 0.1) is 18.9 Å². The highest BCUT2D eigenvalue weighted by Crippen LogP contribution is 2.26. The van der Waals surface area contributed by atoms with Gasteiger partial charge >= 0.3 is 0 Å². The maximum absolute atomic E-state index is 11.3. The Morgan fingerprint density at radius 1 is 1.53 bits per heavy atom. The van der Waals surface area contributed by atoms with Gasteiger partial charge in [-0.05, 0) is 14.0 Å². The highest BCUT2D eigenvalue weighted by atomic mass is 16.2. The van der Waals surface area contributed by atoms with Crippen LogP contribution in [0.25, 0.3) is 0 Å². The number of nitrogens with zero attached hydrogens (tertiary/aromatic N) is 4. The van der Waals surface area contributed by atoms with Crippen LogP contribution in [0, 0.1) is 6.92 Å². The van der Waals surface area contributed by atoms with Gasteiger partial charge in [0.15, 0.2) is 0 Å². The molecule has 5 heteroatoms. The van der Waals surface area contributed by atoms with Crippen molar-refractivity contribution in [3.63, 3.8) is 0 Å². The van der Waals surface area contributed by atoms with Gasteiger partial charge in [-0.25, -0.2) is 4.98 Å². The topological polar surface area (TPSA) is 41.4 Å². The van der Waals surface area contributed by atoms with Gasteiger partial charge in [-0.1, -0.05) is 0 Å². The molecule has 0 atom stereocenters. The van der Waals surface area contributed by atoms with E-state index in [-0.39, 0.29) is 5.91 Å². The second-order valence-electron chi connectivity index (χ2n) is 4.10. The average Bonchev–Trinajstić information content (AvgIpc) is 2.58. The summed E-state index contributed by atoms with van der Waals surface area (Å²) in [5.74, 6) is 2.00. The Morgan fingerprint density at radius 3 is 2.80 bits per heavy atom. The van der Waals surface area contributed by atoms with Gasteiger partial charge in [0, 0.05) is 14.0 Å². The summed E-state index contributed by atoms with van der Waals surface area (Å²) in [5, 5.41) is 0. The van der Waals surface area contributed by atoms with Crippen molar-refractivity contribution in [2.75, 3.05) is 19.0 Å². The van der Waals surface area contributed by atoms with Crippen LogP contribution in [0.2, 0.25) is 0 Å². The molecule has 82 valence electrons. The second-order valence-corrected chi connectivity index (χ2v) is 4.10. The van der Waals surface area contributed by atoms with Crippen LogP contribution < -0.4 is 4.90 Å². The summed E-state index contributed by atoms with van der Waals surface area (Å²) in [6.07, 6.45) is 0. The van der Waals surface area contributed by atoms with Crippen molar-refractivity contribution < 1.29 is 4.79 Å². The third-order valence-corrected chi connectivity index (χ3v) is 2.77. The molecule has 0 saturated carbocycles. The Hall–Kier alpha value is -1.36. The van der Waals surface area contributed by atoms with Crippen molar-refractivity contribution in [2.45, 2.75) is 27.1 Å². The largest absolute Gasteiger partial charge is 0.300 e. The molecule has 0 unspecified atom stereocenters. The van der Waals surface area contributed by atoms with Crippen LogP contribution in [0.3, 0.4) is 0 Å². The lowest BCUT2D eigenvalue weighted by molar-refractivity contribution is -0.116. The van der Waals surface area contributed by atoms with E-state index in [9.17, 15) is 4.79 Å². The van der Waals surface area contributed by atoms with Gasteiger partial charge in [-0.3, -0.25) is 14.3 Å². The normalized spacial score (nSPS) is 15.5. The molecule has 0 N–H and O–H groups in total. The number of aryl methyl sites for hydroxylation is 1. The van der Waals surface area contributed by atoms with Gasteiger partial charge in [-0.2, -0.15) is 0 Å². The molecule has 2 rings (SSSR count). The van der Waals surface area contributed by atoms with Crippen LogP contribution in [-0.2, 0) is 18.0 Å². The van der Waals surface area contributed by atoms with Crippen molar-refractivity contribution >= 4 is 11.7 Å².